The maximum atomic E-state index is 8.81. The highest BCUT2D eigenvalue weighted by molar-refractivity contribution is 6.32. The zero-order valence-electron chi connectivity index (χ0n) is 8.26. The van der Waals surface area contributed by atoms with Gasteiger partial charge in [0.05, 0.1) is 10.8 Å². The van der Waals surface area contributed by atoms with E-state index in [0.717, 1.165) is 5.82 Å². The fourth-order valence-corrected chi connectivity index (χ4v) is 1.81. The first-order chi connectivity index (χ1) is 7.75. The van der Waals surface area contributed by atoms with Gasteiger partial charge in [-0.1, -0.05) is 0 Å². The summed E-state index contributed by atoms with van der Waals surface area (Å²) >= 11 is 0. The molecule has 8 heteroatoms. The van der Waals surface area contributed by atoms with E-state index in [9.17, 15) is 0 Å². The van der Waals surface area contributed by atoms with Gasteiger partial charge < -0.3 is 10.0 Å². The zero-order valence-corrected chi connectivity index (χ0v) is 8.26. The Morgan fingerprint density at radius 2 is 2.31 bits per heavy atom. The Labute approximate surface area is 90.9 Å². The average Bonchev–Trinajstić information content (AvgIpc) is 2.75. The van der Waals surface area contributed by atoms with E-state index in [1.54, 1.807) is 18.5 Å². The number of fused-ring (bicyclic) bond motifs is 3. The minimum atomic E-state index is -1.86. The Morgan fingerprint density at radius 1 is 1.44 bits per heavy atom. The van der Waals surface area contributed by atoms with Crippen LogP contribution >= 0.6 is 0 Å². The van der Waals surface area contributed by atoms with Gasteiger partial charge >= 0.3 is 13.1 Å². The van der Waals surface area contributed by atoms with Crippen molar-refractivity contribution in [2.45, 2.75) is 6.67 Å². The van der Waals surface area contributed by atoms with Gasteiger partial charge in [0.15, 0.2) is 6.20 Å². The molecule has 80 valence electrons. The van der Waals surface area contributed by atoms with E-state index in [-0.39, 0.29) is 0 Å². The van der Waals surface area contributed by atoms with Gasteiger partial charge in [0.1, 0.15) is 0 Å². The van der Waals surface area contributed by atoms with Crippen LogP contribution in [-0.4, -0.2) is 26.9 Å². The molecule has 0 atom stereocenters. The highest BCUT2D eigenvalue weighted by atomic mass is 16.7. The second kappa shape index (κ2) is 3.29. The molecule has 0 aromatic carbocycles. The second-order valence-corrected chi connectivity index (χ2v) is 3.40. The third-order valence-corrected chi connectivity index (χ3v) is 2.40. The fourth-order valence-electron chi connectivity index (χ4n) is 1.81. The van der Waals surface area contributed by atoms with Crippen LogP contribution in [0, 0.1) is 0 Å². The molecule has 0 radical (unpaired) electrons. The van der Waals surface area contributed by atoms with Crippen molar-refractivity contribution in [1.82, 2.24) is 9.55 Å². The molecule has 2 N–H and O–H groups in total. The number of nitrogens with zero attached hydrogens (tertiary/aromatic N) is 4. The smallest absolute Gasteiger partial charge is 0.387 e. The van der Waals surface area contributed by atoms with Crippen LogP contribution in [0.2, 0.25) is 0 Å². The van der Waals surface area contributed by atoms with Crippen molar-refractivity contribution in [3.8, 4) is 11.6 Å². The van der Waals surface area contributed by atoms with Crippen molar-refractivity contribution in [2.75, 3.05) is 0 Å². The van der Waals surface area contributed by atoms with E-state index in [2.05, 4.69) is 4.98 Å². The maximum Gasteiger partial charge on any atom is 0.772 e. The second-order valence-electron chi connectivity index (χ2n) is 3.40. The van der Waals surface area contributed by atoms with Crippen LogP contribution in [0.5, 0.6) is 0 Å². The lowest BCUT2D eigenvalue weighted by molar-refractivity contribution is -0.909. The molecule has 0 spiro atoms. The number of hydrogen-bond acceptors (Lipinski definition) is 4. The van der Waals surface area contributed by atoms with Crippen LogP contribution in [-0.2, 0) is 6.67 Å². The molecule has 0 saturated heterocycles. The van der Waals surface area contributed by atoms with Crippen molar-refractivity contribution < 1.29 is 24.1 Å². The van der Waals surface area contributed by atoms with Gasteiger partial charge in [0.2, 0.25) is 12.9 Å². The SMILES string of the molecule is OB(O)O[n+]1ccc[n+]2c1-c1nccn1C2. The molecule has 0 saturated carbocycles. The highest BCUT2D eigenvalue weighted by Crippen LogP contribution is 2.13. The largest absolute Gasteiger partial charge is 0.772 e. The maximum absolute atomic E-state index is 8.81. The summed E-state index contributed by atoms with van der Waals surface area (Å²) in [4.78, 5) is 4.18. The number of rotatable bonds is 2. The van der Waals surface area contributed by atoms with E-state index in [1.165, 1.54) is 4.73 Å². The molecule has 0 bridgehead atoms. The summed E-state index contributed by atoms with van der Waals surface area (Å²) in [6.45, 7) is 0.635. The predicted molar refractivity (Wildman–Crippen MR) is 50.2 cm³/mol. The molecular weight excluding hydrogens is 211 g/mol. The van der Waals surface area contributed by atoms with Gasteiger partial charge in [0, 0.05) is 12.4 Å². The van der Waals surface area contributed by atoms with Crippen molar-refractivity contribution >= 4 is 7.32 Å². The zero-order chi connectivity index (χ0) is 11.1. The fraction of sp³-hybridized carbons (Fsp3) is 0.125. The third kappa shape index (κ3) is 1.28. The minimum Gasteiger partial charge on any atom is -0.387 e. The van der Waals surface area contributed by atoms with Crippen LogP contribution < -0.4 is 14.1 Å². The summed E-state index contributed by atoms with van der Waals surface area (Å²) in [5.41, 5.74) is 0. The van der Waals surface area contributed by atoms with E-state index >= 15 is 0 Å². The first-order valence-electron chi connectivity index (χ1n) is 4.74. The van der Waals surface area contributed by atoms with Crippen molar-refractivity contribution in [3.05, 3.63) is 30.9 Å². The standard InChI is InChI=1S/C8H9BN4O3/c14-9(15)16-13-4-1-3-12-6-11-5-2-10-7(11)8(12)13/h1-5,14-15H,6H2/q+2. The van der Waals surface area contributed by atoms with Gasteiger partial charge in [-0.3, -0.25) is 9.32 Å². The van der Waals surface area contributed by atoms with Crippen LogP contribution in [0.3, 0.4) is 0 Å². The summed E-state index contributed by atoms with van der Waals surface area (Å²) in [7, 11) is -1.86. The van der Waals surface area contributed by atoms with E-state index in [4.69, 9.17) is 14.8 Å². The van der Waals surface area contributed by atoms with Crippen LogP contribution in [0.25, 0.3) is 11.6 Å². The lowest BCUT2D eigenvalue weighted by Crippen LogP contribution is -2.57. The average molecular weight is 220 g/mol. The molecule has 16 heavy (non-hydrogen) atoms. The minimum absolute atomic E-state index is 0.635. The molecule has 2 aromatic rings. The molecule has 3 heterocycles. The number of aromatic nitrogens is 4. The van der Waals surface area contributed by atoms with Gasteiger partial charge in [-0.15, -0.1) is 4.57 Å². The summed E-state index contributed by atoms with van der Waals surface area (Å²) in [6, 6.07) is 1.75. The summed E-state index contributed by atoms with van der Waals surface area (Å²) < 4.78 is 9.95. The molecule has 0 aliphatic carbocycles. The monoisotopic (exact) mass is 220 g/mol. The lowest BCUT2D eigenvalue weighted by Gasteiger charge is -1.95. The summed E-state index contributed by atoms with van der Waals surface area (Å²) in [6.07, 6.45) is 7.00. The summed E-state index contributed by atoms with van der Waals surface area (Å²) in [5.74, 6) is 1.39. The van der Waals surface area contributed by atoms with Crippen LogP contribution in [0.4, 0.5) is 0 Å². The molecule has 1 aliphatic rings. The first kappa shape index (κ1) is 9.31. The quantitative estimate of drug-likeness (QED) is 0.365. The van der Waals surface area contributed by atoms with Gasteiger partial charge in [0.25, 0.3) is 5.82 Å². The Hall–Kier alpha value is -1.93. The molecule has 0 fully saturated rings. The van der Waals surface area contributed by atoms with E-state index < -0.39 is 7.32 Å². The van der Waals surface area contributed by atoms with E-state index in [1.807, 2.05) is 21.5 Å². The highest BCUT2D eigenvalue weighted by Gasteiger charge is 2.40. The van der Waals surface area contributed by atoms with Gasteiger partial charge in [-0.25, -0.2) is 4.98 Å². The number of hydrogen-bond donors (Lipinski definition) is 2. The molecule has 3 rings (SSSR count). The number of imidazole rings is 1. The van der Waals surface area contributed by atoms with Crippen molar-refractivity contribution in [1.29, 1.82) is 0 Å². The Bertz CT molecular complexity index is 542. The van der Waals surface area contributed by atoms with Crippen LogP contribution in [0.15, 0.2) is 30.9 Å². The van der Waals surface area contributed by atoms with E-state index in [0.29, 0.717) is 12.5 Å². The molecule has 0 amide bonds. The van der Waals surface area contributed by atoms with Crippen molar-refractivity contribution in [3.63, 3.8) is 0 Å². The normalized spacial score (nSPS) is 12.1. The Morgan fingerprint density at radius 3 is 3.12 bits per heavy atom. The molecule has 0 unspecified atom stereocenters. The topological polar surface area (TPSA) is 75.3 Å². The lowest BCUT2D eigenvalue weighted by atomic mass is 10.3. The van der Waals surface area contributed by atoms with Crippen molar-refractivity contribution in [2.24, 2.45) is 0 Å². The molecular formula is C8H9BN4O3+2. The van der Waals surface area contributed by atoms with Gasteiger partial charge in [-0.2, -0.15) is 0 Å². The molecule has 2 aromatic heterocycles. The Balaban J connectivity index is 2.14. The molecule has 7 nitrogen and oxygen atoms in total. The van der Waals surface area contributed by atoms with Crippen LogP contribution in [0.1, 0.15) is 0 Å². The van der Waals surface area contributed by atoms with Gasteiger partial charge in [-0.05, 0) is 0 Å². The summed E-state index contributed by atoms with van der Waals surface area (Å²) in [5, 5.41) is 17.6. The Kier molecular flexibility index (Phi) is 1.91. The third-order valence-electron chi connectivity index (χ3n) is 2.40. The first-order valence-corrected chi connectivity index (χ1v) is 4.74. The molecule has 1 aliphatic heterocycles. The predicted octanol–water partition coefficient (Wildman–Crippen LogP) is -2.66.